The number of pyridine rings is 1. The Balaban J connectivity index is 2.29. The fourth-order valence-corrected chi connectivity index (χ4v) is 1.75. The van der Waals surface area contributed by atoms with Crippen LogP contribution in [0.15, 0.2) is 41.3 Å². The summed E-state index contributed by atoms with van der Waals surface area (Å²) >= 11 is 0. The maximum absolute atomic E-state index is 11.6. The first-order valence-corrected chi connectivity index (χ1v) is 5.68. The van der Waals surface area contributed by atoms with Gasteiger partial charge in [0.15, 0.2) is 0 Å². The Morgan fingerprint density at radius 3 is 2.58 bits per heavy atom. The first-order chi connectivity index (χ1) is 9.10. The zero-order valence-corrected chi connectivity index (χ0v) is 10.3. The number of methoxy groups -OCH3 is 1. The van der Waals surface area contributed by atoms with Crippen molar-refractivity contribution in [1.82, 2.24) is 4.98 Å². The van der Waals surface area contributed by atoms with E-state index in [1.54, 1.807) is 19.2 Å². The number of carboxylic acids is 1. The molecule has 5 heteroatoms. The lowest BCUT2D eigenvalue weighted by molar-refractivity contribution is 0.0696. The van der Waals surface area contributed by atoms with E-state index in [0.29, 0.717) is 12.0 Å². The van der Waals surface area contributed by atoms with Gasteiger partial charge < -0.3 is 14.8 Å². The second-order valence-electron chi connectivity index (χ2n) is 4.07. The van der Waals surface area contributed by atoms with E-state index >= 15 is 0 Å². The number of aromatic amines is 1. The van der Waals surface area contributed by atoms with Crippen LogP contribution in [0.2, 0.25) is 0 Å². The molecule has 0 amide bonds. The van der Waals surface area contributed by atoms with Crippen LogP contribution >= 0.6 is 0 Å². The Morgan fingerprint density at radius 2 is 2.00 bits per heavy atom. The Hall–Kier alpha value is -2.56. The summed E-state index contributed by atoms with van der Waals surface area (Å²) in [4.78, 5) is 24.9. The van der Waals surface area contributed by atoms with Crippen molar-refractivity contribution in [2.75, 3.05) is 7.11 Å². The third kappa shape index (κ3) is 3.01. The third-order valence-electron chi connectivity index (χ3n) is 2.78. The number of hydrogen-bond donors (Lipinski definition) is 2. The minimum Gasteiger partial charge on any atom is -0.497 e. The van der Waals surface area contributed by atoms with Gasteiger partial charge >= 0.3 is 5.97 Å². The predicted molar refractivity (Wildman–Crippen MR) is 69.8 cm³/mol. The van der Waals surface area contributed by atoms with Crippen molar-refractivity contribution in [2.24, 2.45) is 0 Å². The highest BCUT2D eigenvalue weighted by molar-refractivity contribution is 5.87. The Kier molecular flexibility index (Phi) is 3.66. The van der Waals surface area contributed by atoms with E-state index in [9.17, 15) is 9.59 Å². The van der Waals surface area contributed by atoms with Crippen molar-refractivity contribution in [3.63, 3.8) is 0 Å². The summed E-state index contributed by atoms with van der Waals surface area (Å²) in [6, 6.07) is 8.66. The minimum atomic E-state index is -1.06. The molecular formula is C14H13NO4. The van der Waals surface area contributed by atoms with Gasteiger partial charge in [-0.2, -0.15) is 0 Å². The van der Waals surface area contributed by atoms with Gasteiger partial charge in [-0.25, -0.2) is 4.79 Å². The molecule has 0 fully saturated rings. The maximum atomic E-state index is 11.6. The normalized spacial score (nSPS) is 10.2. The van der Waals surface area contributed by atoms with Gasteiger partial charge in [0.05, 0.1) is 12.7 Å². The van der Waals surface area contributed by atoms with Gasteiger partial charge in [-0.3, -0.25) is 4.79 Å². The number of aromatic nitrogens is 1. The number of aromatic carboxylic acids is 1. The highest BCUT2D eigenvalue weighted by Crippen LogP contribution is 2.13. The van der Waals surface area contributed by atoms with Crippen LogP contribution in [-0.2, 0) is 6.42 Å². The monoisotopic (exact) mass is 259 g/mol. The van der Waals surface area contributed by atoms with E-state index in [4.69, 9.17) is 9.84 Å². The summed E-state index contributed by atoms with van der Waals surface area (Å²) in [7, 11) is 1.58. The van der Waals surface area contributed by atoms with Gasteiger partial charge in [0.2, 0.25) is 0 Å². The number of rotatable bonds is 4. The van der Waals surface area contributed by atoms with Crippen molar-refractivity contribution in [3.8, 4) is 5.75 Å². The van der Waals surface area contributed by atoms with Gasteiger partial charge in [0.1, 0.15) is 5.75 Å². The van der Waals surface area contributed by atoms with Gasteiger partial charge in [-0.05, 0) is 23.8 Å². The van der Waals surface area contributed by atoms with E-state index in [0.717, 1.165) is 11.3 Å². The fourth-order valence-electron chi connectivity index (χ4n) is 1.75. The lowest BCUT2D eigenvalue weighted by Crippen LogP contribution is -2.14. The molecule has 19 heavy (non-hydrogen) atoms. The van der Waals surface area contributed by atoms with Crippen LogP contribution in [0.1, 0.15) is 21.5 Å². The molecule has 0 saturated heterocycles. The van der Waals surface area contributed by atoms with Gasteiger partial charge in [-0.1, -0.05) is 12.1 Å². The average Bonchev–Trinajstić information content (AvgIpc) is 2.42. The van der Waals surface area contributed by atoms with Crippen LogP contribution in [0.25, 0.3) is 0 Å². The molecule has 2 N–H and O–H groups in total. The van der Waals surface area contributed by atoms with Gasteiger partial charge in [-0.15, -0.1) is 0 Å². The molecule has 0 bridgehead atoms. The van der Waals surface area contributed by atoms with Crippen molar-refractivity contribution < 1.29 is 14.6 Å². The van der Waals surface area contributed by atoms with Crippen molar-refractivity contribution in [2.45, 2.75) is 6.42 Å². The summed E-state index contributed by atoms with van der Waals surface area (Å²) in [6.45, 7) is 0. The summed E-state index contributed by atoms with van der Waals surface area (Å²) in [5.41, 5.74) is 1.13. The smallest absolute Gasteiger partial charge is 0.337 e. The molecule has 0 aliphatic carbocycles. The summed E-state index contributed by atoms with van der Waals surface area (Å²) in [6.07, 6.45) is 1.57. The fraction of sp³-hybridized carbons (Fsp3) is 0.143. The van der Waals surface area contributed by atoms with E-state index in [2.05, 4.69) is 4.98 Å². The topological polar surface area (TPSA) is 79.4 Å². The van der Waals surface area contributed by atoms with Crippen molar-refractivity contribution in [3.05, 3.63) is 63.6 Å². The molecule has 0 aliphatic rings. The zero-order valence-electron chi connectivity index (χ0n) is 10.3. The number of carboxylic acid groups (broad SMARTS) is 1. The molecule has 0 saturated carbocycles. The highest BCUT2D eigenvalue weighted by atomic mass is 16.5. The molecule has 0 spiro atoms. The molecule has 1 heterocycles. The van der Waals surface area contributed by atoms with Crippen molar-refractivity contribution in [1.29, 1.82) is 0 Å². The molecule has 0 aliphatic heterocycles. The average molecular weight is 259 g/mol. The van der Waals surface area contributed by atoms with E-state index < -0.39 is 5.97 Å². The number of H-pyrrole nitrogens is 1. The number of ether oxygens (including phenoxy) is 1. The van der Waals surface area contributed by atoms with Crippen molar-refractivity contribution >= 4 is 5.97 Å². The Labute approximate surface area is 109 Å². The first-order valence-electron chi connectivity index (χ1n) is 5.68. The van der Waals surface area contributed by atoms with Crippen LogP contribution in [0.4, 0.5) is 0 Å². The lowest BCUT2D eigenvalue weighted by atomic mass is 10.0. The summed E-state index contributed by atoms with van der Waals surface area (Å²) < 4.78 is 5.05. The van der Waals surface area contributed by atoms with E-state index in [1.807, 2.05) is 12.1 Å². The third-order valence-corrected chi connectivity index (χ3v) is 2.78. The Morgan fingerprint density at radius 1 is 1.32 bits per heavy atom. The lowest BCUT2D eigenvalue weighted by Gasteiger charge is -2.04. The molecule has 0 atom stereocenters. The second-order valence-corrected chi connectivity index (χ2v) is 4.07. The van der Waals surface area contributed by atoms with Crippen LogP contribution in [0.3, 0.4) is 0 Å². The quantitative estimate of drug-likeness (QED) is 0.875. The van der Waals surface area contributed by atoms with E-state index in [-0.39, 0.29) is 11.1 Å². The molecule has 0 radical (unpaired) electrons. The number of carbonyl (C=O) groups is 1. The highest BCUT2D eigenvalue weighted by Gasteiger charge is 2.08. The standard InChI is InChI=1S/C14H13NO4/c1-19-12-4-2-9(3-5-12)6-10-7-11(14(17)18)8-15-13(10)16/h2-5,7-8H,6H2,1H3,(H,15,16)(H,17,18). The van der Waals surface area contributed by atoms with E-state index in [1.165, 1.54) is 12.3 Å². The molecule has 5 nitrogen and oxygen atoms in total. The van der Waals surface area contributed by atoms with Crippen LogP contribution in [0, 0.1) is 0 Å². The number of nitrogens with one attached hydrogen (secondary N) is 1. The first kappa shape index (κ1) is 12.9. The maximum Gasteiger partial charge on any atom is 0.337 e. The molecule has 1 aromatic carbocycles. The largest absolute Gasteiger partial charge is 0.497 e. The SMILES string of the molecule is COc1ccc(Cc2cc(C(=O)O)c[nH]c2=O)cc1. The number of hydrogen-bond acceptors (Lipinski definition) is 3. The Bertz CT molecular complexity index is 643. The molecule has 2 aromatic rings. The minimum absolute atomic E-state index is 0.0723. The predicted octanol–water partition coefficient (Wildman–Crippen LogP) is 1.67. The molecule has 98 valence electrons. The molecule has 0 unspecified atom stereocenters. The second kappa shape index (κ2) is 5.39. The zero-order chi connectivity index (χ0) is 13.8. The van der Waals surface area contributed by atoms with Crippen LogP contribution < -0.4 is 10.3 Å². The van der Waals surface area contributed by atoms with Gasteiger partial charge in [0, 0.05) is 18.2 Å². The molecule has 2 rings (SSSR count). The van der Waals surface area contributed by atoms with Crippen LogP contribution in [0.5, 0.6) is 5.75 Å². The summed E-state index contributed by atoms with van der Waals surface area (Å²) in [5.74, 6) is -0.329. The number of benzene rings is 1. The van der Waals surface area contributed by atoms with Crippen LogP contribution in [-0.4, -0.2) is 23.2 Å². The molecule has 1 aromatic heterocycles. The molecular weight excluding hydrogens is 246 g/mol. The summed E-state index contributed by atoms with van der Waals surface area (Å²) in [5, 5.41) is 8.90. The van der Waals surface area contributed by atoms with Gasteiger partial charge in [0.25, 0.3) is 5.56 Å².